The van der Waals surface area contributed by atoms with Gasteiger partial charge in [-0.05, 0) is 49.3 Å². The van der Waals surface area contributed by atoms with Crippen LogP contribution in [0.25, 0.3) is 0 Å². The lowest BCUT2D eigenvalue weighted by Crippen LogP contribution is -2.15. The Bertz CT molecular complexity index is 549. The Balaban J connectivity index is 2.10. The molecule has 0 fully saturated rings. The van der Waals surface area contributed by atoms with Gasteiger partial charge >= 0.3 is 0 Å². The third-order valence-corrected chi connectivity index (χ3v) is 7.46. The summed E-state index contributed by atoms with van der Waals surface area (Å²) in [5.74, 6) is 1.62. The smallest absolute Gasteiger partial charge is 0.119 e. The number of rotatable bonds is 26. The van der Waals surface area contributed by atoms with Crippen molar-refractivity contribution in [2.75, 3.05) is 39.3 Å². The highest BCUT2D eigenvalue weighted by Gasteiger charge is 2.09. The molecule has 0 radical (unpaired) electrons. The van der Waals surface area contributed by atoms with E-state index in [2.05, 4.69) is 32.2 Å². The van der Waals surface area contributed by atoms with E-state index < -0.39 is 0 Å². The summed E-state index contributed by atoms with van der Waals surface area (Å²) in [5, 5.41) is 0. The quantitative estimate of drug-likeness (QED) is 0.0919. The summed E-state index contributed by atoms with van der Waals surface area (Å²) in [7, 11) is 0. The number of ether oxygens (including phenoxy) is 3. The minimum Gasteiger partial charge on any atom is -0.491 e. The normalized spacial score (nSPS) is 12.2. The highest BCUT2D eigenvalue weighted by Crippen LogP contribution is 2.20. The molecule has 0 aromatic heterocycles. The van der Waals surface area contributed by atoms with Gasteiger partial charge in [0.1, 0.15) is 12.4 Å². The molecular weight excluding hydrogens is 452 g/mol. The van der Waals surface area contributed by atoms with Crippen LogP contribution >= 0.6 is 11.8 Å². The molecule has 3 nitrogen and oxygen atoms in total. The predicted octanol–water partition coefficient (Wildman–Crippen LogP) is 9.72. The average molecular weight is 509 g/mol. The first-order valence-corrected chi connectivity index (χ1v) is 15.9. The van der Waals surface area contributed by atoms with Crippen LogP contribution in [0.3, 0.4) is 0 Å². The third-order valence-electron chi connectivity index (χ3n) is 6.71. The molecule has 4 heteroatoms. The summed E-state index contributed by atoms with van der Waals surface area (Å²) < 4.78 is 17.5. The largest absolute Gasteiger partial charge is 0.491 e. The lowest BCUT2D eigenvalue weighted by molar-refractivity contribution is 0.0219. The van der Waals surface area contributed by atoms with Crippen molar-refractivity contribution in [3.05, 3.63) is 24.3 Å². The Kier molecular flexibility index (Phi) is 23.0. The molecule has 0 heterocycles. The molecule has 1 atom stereocenters. The molecule has 0 amide bonds. The van der Waals surface area contributed by atoms with E-state index in [4.69, 9.17) is 14.2 Å². The standard InChI is InChI=1S/C31H56O3S/c1-4-6-8-10-12-13-15-17-19-29(18-16-14-11-9-7-5-2)28-33-25-24-32-26-27-34-30-20-22-31(35-3)23-21-30/h20-23,29H,4-19,24-28H2,1-3H3. The highest BCUT2D eigenvalue weighted by molar-refractivity contribution is 7.98. The Labute approximate surface area is 222 Å². The highest BCUT2D eigenvalue weighted by atomic mass is 32.2. The Morgan fingerprint density at radius 1 is 0.600 bits per heavy atom. The minimum absolute atomic E-state index is 0.581. The molecule has 1 aromatic carbocycles. The van der Waals surface area contributed by atoms with Crippen LogP contribution in [-0.2, 0) is 9.47 Å². The van der Waals surface area contributed by atoms with Crippen LogP contribution < -0.4 is 4.74 Å². The van der Waals surface area contributed by atoms with Crippen molar-refractivity contribution in [2.24, 2.45) is 5.92 Å². The topological polar surface area (TPSA) is 27.7 Å². The van der Waals surface area contributed by atoms with Crippen LogP contribution in [-0.4, -0.2) is 39.3 Å². The van der Waals surface area contributed by atoms with Crippen molar-refractivity contribution in [1.82, 2.24) is 0 Å². The Morgan fingerprint density at radius 3 is 1.63 bits per heavy atom. The van der Waals surface area contributed by atoms with Gasteiger partial charge in [0.15, 0.2) is 0 Å². The molecule has 0 aliphatic heterocycles. The lowest BCUT2D eigenvalue weighted by Gasteiger charge is -2.17. The predicted molar refractivity (Wildman–Crippen MR) is 154 cm³/mol. The maximum absolute atomic E-state index is 6.04. The SMILES string of the molecule is CCCCCCCCCCC(CCCCCCCC)COCCOCCOc1ccc(SC)cc1. The van der Waals surface area contributed by atoms with E-state index in [9.17, 15) is 0 Å². The van der Waals surface area contributed by atoms with Gasteiger partial charge in [0.05, 0.1) is 19.8 Å². The fraction of sp³-hybridized carbons (Fsp3) is 0.806. The first-order chi connectivity index (χ1) is 17.3. The summed E-state index contributed by atoms with van der Waals surface area (Å²) in [6.45, 7) is 8.00. The zero-order valence-electron chi connectivity index (χ0n) is 23.4. The van der Waals surface area contributed by atoms with Crippen LogP contribution in [0, 0.1) is 5.92 Å². The van der Waals surface area contributed by atoms with Gasteiger partial charge in [0.2, 0.25) is 0 Å². The summed E-state index contributed by atoms with van der Waals surface area (Å²) >= 11 is 1.74. The Morgan fingerprint density at radius 2 is 1.09 bits per heavy atom. The van der Waals surface area contributed by atoms with Crippen molar-refractivity contribution in [2.45, 2.75) is 121 Å². The van der Waals surface area contributed by atoms with Crippen molar-refractivity contribution >= 4 is 11.8 Å². The third kappa shape index (κ3) is 20.1. The molecule has 0 aliphatic carbocycles. The maximum atomic E-state index is 6.04. The second kappa shape index (κ2) is 25.0. The molecule has 1 unspecified atom stereocenters. The van der Waals surface area contributed by atoms with E-state index in [1.807, 2.05) is 12.1 Å². The maximum Gasteiger partial charge on any atom is 0.119 e. The second-order valence-electron chi connectivity index (χ2n) is 9.90. The van der Waals surface area contributed by atoms with E-state index >= 15 is 0 Å². The molecule has 204 valence electrons. The fourth-order valence-corrected chi connectivity index (χ4v) is 4.86. The van der Waals surface area contributed by atoms with Crippen LogP contribution in [0.15, 0.2) is 29.2 Å². The van der Waals surface area contributed by atoms with Crippen molar-refractivity contribution in [3.8, 4) is 5.75 Å². The molecular formula is C31H56O3S. The minimum atomic E-state index is 0.581. The van der Waals surface area contributed by atoms with Gasteiger partial charge in [-0.3, -0.25) is 0 Å². The van der Waals surface area contributed by atoms with Gasteiger partial charge in [-0.1, -0.05) is 104 Å². The fourth-order valence-electron chi connectivity index (χ4n) is 4.45. The second-order valence-corrected chi connectivity index (χ2v) is 10.8. The summed E-state index contributed by atoms with van der Waals surface area (Å²) in [5.41, 5.74) is 0. The zero-order valence-corrected chi connectivity index (χ0v) is 24.2. The van der Waals surface area contributed by atoms with Gasteiger partial charge in [0.25, 0.3) is 0 Å². The monoisotopic (exact) mass is 508 g/mol. The van der Waals surface area contributed by atoms with E-state index in [1.54, 1.807) is 11.8 Å². The van der Waals surface area contributed by atoms with Gasteiger partial charge < -0.3 is 14.2 Å². The molecule has 1 aromatic rings. The molecule has 0 saturated heterocycles. The first-order valence-electron chi connectivity index (χ1n) is 14.7. The van der Waals surface area contributed by atoms with E-state index in [-0.39, 0.29) is 0 Å². The van der Waals surface area contributed by atoms with Crippen molar-refractivity contribution in [3.63, 3.8) is 0 Å². The number of hydrogen-bond acceptors (Lipinski definition) is 4. The Hall–Kier alpha value is -0.710. The summed E-state index contributed by atoms with van der Waals surface area (Å²) in [4.78, 5) is 1.25. The molecule has 0 bridgehead atoms. The molecule has 1 rings (SSSR count). The number of benzene rings is 1. The van der Waals surface area contributed by atoms with Gasteiger partial charge in [-0.2, -0.15) is 0 Å². The number of thioether (sulfide) groups is 1. The van der Waals surface area contributed by atoms with Crippen LogP contribution in [0.1, 0.15) is 117 Å². The van der Waals surface area contributed by atoms with E-state index in [1.165, 1.54) is 108 Å². The summed E-state index contributed by atoms with van der Waals surface area (Å²) in [6.07, 6.45) is 24.2. The zero-order chi connectivity index (χ0) is 25.2. The van der Waals surface area contributed by atoms with Crippen molar-refractivity contribution < 1.29 is 14.2 Å². The first kappa shape index (κ1) is 32.3. The molecule has 0 saturated carbocycles. The number of hydrogen-bond donors (Lipinski definition) is 0. The van der Waals surface area contributed by atoms with Crippen LogP contribution in [0.2, 0.25) is 0 Å². The number of unbranched alkanes of at least 4 members (excludes halogenated alkanes) is 12. The lowest BCUT2D eigenvalue weighted by atomic mass is 9.94. The van der Waals surface area contributed by atoms with Gasteiger partial charge in [-0.15, -0.1) is 11.8 Å². The molecule has 0 N–H and O–H groups in total. The van der Waals surface area contributed by atoms with E-state index in [0.717, 1.165) is 12.4 Å². The van der Waals surface area contributed by atoms with Gasteiger partial charge in [-0.25, -0.2) is 0 Å². The molecule has 35 heavy (non-hydrogen) atoms. The van der Waals surface area contributed by atoms with Crippen LogP contribution in [0.5, 0.6) is 5.75 Å². The molecule has 0 aliphatic rings. The van der Waals surface area contributed by atoms with Crippen LogP contribution in [0.4, 0.5) is 0 Å². The van der Waals surface area contributed by atoms with E-state index in [0.29, 0.717) is 32.3 Å². The summed E-state index contributed by atoms with van der Waals surface area (Å²) in [6, 6.07) is 8.21. The van der Waals surface area contributed by atoms with Gasteiger partial charge in [0, 0.05) is 11.5 Å². The van der Waals surface area contributed by atoms with Crippen molar-refractivity contribution in [1.29, 1.82) is 0 Å². The molecule has 0 spiro atoms. The average Bonchev–Trinajstić information content (AvgIpc) is 2.89.